The van der Waals surface area contributed by atoms with Gasteiger partial charge in [-0.1, -0.05) is 11.3 Å². The fourth-order valence-corrected chi connectivity index (χ4v) is 2.93. The van der Waals surface area contributed by atoms with Gasteiger partial charge in [0, 0.05) is 29.9 Å². The molecule has 2 rings (SSSR count). The van der Waals surface area contributed by atoms with Crippen molar-refractivity contribution >= 4 is 31.9 Å². The summed E-state index contributed by atoms with van der Waals surface area (Å²) in [5.74, 6) is 0. The third-order valence-corrected chi connectivity index (χ3v) is 4.66. The van der Waals surface area contributed by atoms with Crippen molar-refractivity contribution in [1.29, 1.82) is 0 Å². The Morgan fingerprint density at radius 3 is 2.45 bits per heavy atom. The van der Waals surface area contributed by atoms with E-state index in [9.17, 15) is 18.5 Å². The van der Waals surface area contributed by atoms with Gasteiger partial charge in [-0.15, -0.1) is 0 Å². The van der Waals surface area contributed by atoms with Crippen LogP contribution in [0.3, 0.4) is 0 Å². The van der Waals surface area contributed by atoms with Crippen molar-refractivity contribution < 1.29 is 13.3 Å². The Labute approximate surface area is 120 Å². The molecule has 0 unspecified atom stereocenters. The van der Waals surface area contributed by atoms with Gasteiger partial charge in [0.1, 0.15) is 0 Å². The van der Waals surface area contributed by atoms with Gasteiger partial charge in [0.25, 0.3) is 0 Å². The maximum absolute atomic E-state index is 11.3. The average Bonchev–Trinajstić information content (AvgIpc) is 2.85. The van der Waals surface area contributed by atoms with Gasteiger partial charge in [0.15, 0.2) is 9.84 Å². The second-order valence-electron chi connectivity index (χ2n) is 4.20. The second-order valence-corrected chi connectivity index (χ2v) is 7.11. The average molecular weight is 312 g/mol. The number of nitro groups is 1. The molecule has 1 aromatic heterocycles. The summed E-state index contributed by atoms with van der Waals surface area (Å²) in [7, 11) is -3.19. The molecule has 0 saturated carbocycles. The number of nitrogens with one attached hydrogen (secondary N) is 1. The highest BCUT2D eigenvalue weighted by molar-refractivity contribution is 7.90. The SMILES string of the molecule is CS(=O)(=O)c1ccc(NCc2csc([N+](=O)[O-])c2)cc1. The quantitative estimate of drug-likeness (QED) is 0.677. The van der Waals surface area contributed by atoms with Crippen molar-refractivity contribution in [1.82, 2.24) is 0 Å². The van der Waals surface area contributed by atoms with Crippen LogP contribution in [0.15, 0.2) is 40.6 Å². The summed E-state index contributed by atoms with van der Waals surface area (Å²) in [6.07, 6.45) is 1.15. The first-order valence-electron chi connectivity index (χ1n) is 5.62. The number of thiophene rings is 1. The predicted octanol–water partition coefficient (Wildman–Crippen LogP) is 2.67. The molecule has 0 fully saturated rings. The molecule has 0 bridgehead atoms. The van der Waals surface area contributed by atoms with Gasteiger partial charge in [-0.2, -0.15) is 0 Å². The molecule has 8 heteroatoms. The zero-order valence-electron chi connectivity index (χ0n) is 10.6. The smallest absolute Gasteiger partial charge is 0.324 e. The molecule has 20 heavy (non-hydrogen) atoms. The number of sulfone groups is 1. The first kappa shape index (κ1) is 14.5. The summed E-state index contributed by atoms with van der Waals surface area (Å²) in [6.45, 7) is 0.447. The third-order valence-electron chi connectivity index (χ3n) is 2.60. The highest BCUT2D eigenvalue weighted by atomic mass is 32.2. The molecule has 1 aromatic carbocycles. The summed E-state index contributed by atoms with van der Waals surface area (Å²) in [5.41, 5.74) is 1.57. The lowest BCUT2D eigenvalue weighted by molar-refractivity contribution is -0.380. The Bertz CT molecular complexity index is 720. The van der Waals surface area contributed by atoms with Crippen LogP contribution in [0.2, 0.25) is 0 Å². The molecule has 0 aliphatic carbocycles. The summed E-state index contributed by atoms with van der Waals surface area (Å²) >= 11 is 1.08. The number of hydrogen-bond acceptors (Lipinski definition) is 6. The number of nitrogens with zero attached hydrogens (tertiary/aromatic N) is 1. The molecule has 106 valence electrons. The van der Waals surface area contributed by atoms with E-state index in [1.165, 1.54) is 18.2 Å². The summed E-state index contributed by atoms with van der Waals surface area (Å²) in [4.78, 5) is 10.4. The van der Waals surface area contributed by atoms with Gasteiger partial charge in [-0.25, -0.2) is 8.42 Å². The standard InChI is InChI=1S/C12H12N2O4S2/c1-20(17,18)11-4-2-10(3-5-11)13-7-9-6-12(14(15)16)19-8-9/h2-6,8,13H,7H2,1H3. The Morgan fingerprint density at radius 1 is 1.30 bits per heavy atom. The van der Waals surface area contributed by atoms with Crippen molar-refractivity contribution in [3.05, 3.63) is 51.4 Å². The molecule has 0 saturated heterocycles. The zero-order valence-corrected chi connectivity index (χ0v) is 12.2. The van der Waals surface area contributed by atoms with Gasteiger partial charge in [-0.05, 0) is 29.8 Å². The molecule has 0 radical (unpaired) electrons. The van der Waals surface area contributed by atoms with Crippen LogP contribution < -0.4 is 5.32 Å². The minimum atomic E-state index is -3.19. The Balaban J connectivity index is 2.02. The monoisotopic (exact) mass is 312 g/mol. The van der Waals surface area contributed by atoms with Crippen molar-refractivity contribution in [3.63, 3.8) is 0 Å². The van der Waals surface area contributed by atoms with E-state index in [4.69, 9.17) is 0 Å². The zero-order chi connectivity index (χ0) is 14.8. The molecule has 0 spiro atoms. The van der Waals surface area contributed by atoms with Crippen LogP contribution >= 0.6 is 11.3 Å². The Hall–Kier alpha value is -1.93. The molecule has 1 heterocycles. The number of anilines is 1. The maximum atomic E-state index is 11.3. The molecule has 0 aliphatic heterocycles. The predicted molar refractivity (Wildman–Crippen MR) is 77.9 cm³/mol. The number of benzene rings is 1. The van der Waals surface area contributed by atoms with Crippen molar-refractivity contribution in [2.45, 2.75) is 11.4 Å². The van der Waals surface area contributed by atoms with Gasteiger partial charge in [-0.3, -0.25) is 10.1 Å². The van der Waals surface area contributed by atoms with Crippen LogP contribution in [0.25, 0.3) is 0 Å². The van der Waals surface area contributed by atoms with E-state index in [0.29, 0.717) is 6.54 Å². The third kappa shape index (κ3) is 3.55. The largest absolute Gasteiger partial charge is 0.381 e. The first-order chi connectivity index (χ1) is 9.36. The molecule has 2 aromatic rings. The molecular formula is C12H12N2O4S2. The highest BCUT2D eigenvalue weighted by Gasteiger charge is 2.09. The van der Waals surface area contributed by atoms with E-state index in [-0.39, 0.29) is 9.90 Å². The minimum absolute atomic E-state index is 0.106. The first-order valence-corrected chi connectivity index (χ1v) is 8.39. The number of hydrogen-bond donors (Lipinski definition) is 1. The van der Waals surface area contributed by atoms with E-state index < -0.39 is 14.8 Å². The van der Waals surface area contributed by atoms with Crippen LogP contribution in [-0.2, 0) is 16.4 Å². The highest BCUT2D eigenvalue weighted by Crippen LogP contribution is 2.23. The summed E-state index contributed by atoms with van der Waals surface area (Å²) < 4.78 is 22.6. The summed E-state index contributed by atoms with van der Waals surface area (Å²) in [5, 5.41) is 15.5. The van der Waals surface area contributed by atoms with Crippen LogP contribution in [0.4, 0.5) is 10.7 Å². The normalized spacial score (nSPS) is 11.2. The Morgan fingerprint density at radius 2 is 1.95 bits per heavy atom. The van der Waals surface area contributed by atoms with Crippen molar-refractivity contribution in [2.24, 2.45) is 0 Å². The number of rotatable bonds is 5. The van der Waals surface area contributed by atoms with Crippen LogP contribution in [0.5, 0.6) is 0 Å². The molecular weight excluding hydrogens is 300 g/mol. The topological polar surface area (TPSA) is 89.3 Å². The van der Waals surface area contributed by atoms with E-state index in [0.717, 1.165) is 28.8 Å². The fourth-order valence-electron chi connectivity index (χ4n) is 1.58. The second kappa shape index (κ2) is 5.59. The molecule has 0 amide bonds. The lowest BCUT2D eigenvalue weighted by Gasteiger charge is -2.05. The molecule has 0 aliphatic rings. The van der Waals surface area contributed by atoms with E-state index in [1.807, 2.05) is 0 Å². The maximum Gasteiger partial charge on any atom is 0.324 e. The molecule has 6 nitrogen and oxygen atoms in total. The van der Waals surface area contributed by atoms with Crippen LogP contribution in [0.1, 0.15) is 5.56 Å². The minimum Gasteiger partial charge on any atom is -0.381 e. The molecule has 1 N–H and O–H groups in total. The van der Waals surface area contributed by atoms with Gasteiger partial charge >= 0.3 is 5.00 Å². The lowest BCUT2D eigenvalue weighted by Crippen LogP contribution is -2.00. The van der Waals surface area contributed by atoms with Crippen LogP contribution in [0, 0.1) is 10.1 Å². The van der Waals surface area contributed by atoms with Crippen LogP contribution in [-0.4, -0.2) is 19.6 Å². The lowest BCUT2D eigenvalue weighted by atomic mass is 10.3. The molecule has 0 atom stereocenters. The Kier molecular flexibility index (Phi) is 4.05. The van der Waals surface area contributed by atoms with E-state index >= 15 is 0 Å². The summed E-state index contributed by atoms with van der Waals surface area (Å²) in [6, 6.07) is 7.89. The van der Waals surface area contributed by atoms with Crippen molar-refractivity contribution in [3.8, 4) is 0 Å². The van der Waals surface area contributed by atoms with Crippen molar-refractivity contribution in [2.75, 3.05) is 11.6 Å². The van der Waals surface area contributed by atoms with Gasteiger partial charge in [0.2, 0.25) is 0 Å². The van der Waals surface area contributed by atoms with E-state index in [1.54, 1.807) is 17.5 Å². The van der Waals surface area contributed by atoms with E-state index in [2.05, 4.69) is 5.32 Å². The fraction of sp³-hybridized carbons (Fsp3) is 0.167. The van der Waals surface area contributed by atoms with Gasteiger partial charge < -0.3 is 5.32 Å². The van der Waals surface area contributed by atoms with Gasteiger partial charge in [0.05, 0.1) is 9.82 Å².